The summed E-state index contributed by atoms with van der Waals surface area (Å²) in [4.78, 5) is 6.52. The van der Waals surface area contributed by atoms with Gasteiger partial charge in [0.1, 0.15) is 12.4 Å². The van der Waals surface area contributed by atoms with Crippen molar-refractivity contribution in [2.45, 2.75) is 31.5 Å². The van der Waals surface area contributed by atoms with E-state index in [4.69, 9.17) is 25.8 Å². The number of hydrogen-bond acceptors (Lipinski definition) is 7. The van der Waals surface area contributed by atoms with E-state index in [9.17, 15) is 4.39 Å². The molecular formula is C23H25ClFN5O3. The zero-order valence-electron chi connectivity index (χ0n) is 18.3. The molecule has 0 bridgehead atoms. The number of aromatic nitrogens is 4. The minimum Gasteiger partial charge on any atom is -0.481 e. The highest BCUT2D eigenvalue weighted by molar-refractivity contribution is 6.31. The third kappa shape index (κ3) is 4.66. The van der Waals surface area contributed by atoms with Crippen LogP contribution in [0.5, 0.6) is 5.88 Å². The molecule has 2 aromatic heterocycles. The summed E-state index contributed by atoms with van der Waals surface area (Å²) in [5.74, 6) is 1.77. The largest absolute Gasteiger partial charge is 0.481 e. The Bertz CT molecular complexity index is 1100. The van der Waals surface area contributed by atoms with Gasteiger partial charge in [-0.05, 0) is 36.6 Å². The lowest BCUT2D eigenvalue weighted by Gasteiger charge is -2.20. The van der Waals surface area contributed by atoms with Gasteiger partial charge in [-0.25, -0.2) is 9.37 Å². The van der Waals surface area contributed by atoms with Gasteiger partial charge in [-0.1, -0.05) is 17.7 Å². The quantitative estimate of drug-likeness (QED) is 0.517. The number of benzene rings is 1. The van der Waals surface area contributed by atoms with E-state index >= 15 is 0 Å². The summed E-state index contributed by atoms with van der Waals surface area (Å²) in [6.45, 7) is 3.10. The van der Waals surface area contributed by atoms with E-state index in [0.717, 1.165) is 30.6 Å². The van der Waals surface area contributed by atoms with Crippen LogP contribution < -0.4 is 9.64 Å². The van der Waals surface area contributed by atoms with Crippen molar-refractivity contribution in [3.63, 3.8) is 0 Å². The average molecular weight is 474 g/mol. The predicted octanol–water partition coefficient (Wildman–Crippen LogP) is 3.76. The second kappa shape index (κ2) is 9.62. The highest BCUT2D eigenvalue weighted by Crippen LogP contribution is 2.35. The SMILES string of the molecule is COc1ccc(-n2c(CO[C@H]3CCOC3)nnc2N2CC[C@@H](c3ccc(F)cc3Cl)C2)cn1. The van der Waals surface area contributed by atoms with E-state index < -0.39 is 0 Å². The molecule has 2 aliphatic heterocycles. The highest BCUT2D eigenvalue weighted by Gasteiger charge is 2.30. The maximum atomic E-state index is 13.5. The topological polar surface area (TPSA) is 74.5 Å². The highest BCUT2D eigenvalue weighted by atomic mass is 35.5. The minimum atomic E-state index is -0.331. The fraction of sp³-hybridized carbons (Fsp3) is 0.435. The minimum absolute atomic E-state index is 0.0596. The van der Waals surface area contributed by atoms with Crippen LogP contribution in [0.1, 0.15) is 30.1 Å². The molecule has 3 aromatic rings. The summed E-state index contributed by atoms with van der Waals surface area (Å²) in [7, 11) is 1.58. The summed E-state index contributed by atoms with van der Waals surface area (Å²) in [5.41, 5.74) is 1.77. The molecule has 0 N–H and O–H groups in total. The molecule has 1 aromatic carbocycles. The van der Waals surface area contributed by atoms with Crippen LogP contribution in [-0.2, 0) is 16.1 Å². The molecule has 174 valence electrons. The number of halogens is 2. The maximum absolute atomic E-state index is 13.5. The lowest BCUT2D eigenvalue weighted by atomic mass is 9.98. The number of ether oxygens (including phenoxy) is 3. The molecule has 2 fully saturated rings. The summed E-state index contributed by atoms with van der Waals surface area (Å²) >= 11 is 6.33. The van der Waals surface area contributed by atoms with Crippen molar-refractivity contribution in [3.8, 4) is 11.6 Å². The van der Waals surface area contributed by atoms with Crippen LogP contribution in [0.15, 0.2) is 36.5 Å². The van der Waals surface area contributed by atoms with Gasteiger partial charge in [0.05, 0.1) is 31.7 Å². The van der Waals surface area contributed by atoms with Gasteiger partial charge in [-0.2, -0.15) is 0 Å². The first kappa shape index (κ1) is 22.1. The predicted molar refractivity (Wildman–Crippen MR) is 121 cm³/mol. The number of nitrogens with zero attached hydrogens (tertiary/aromatic N) is 5. The molecule has 2 saturated heterocycles. The van der Waals surface area contributed by atoms with Crippen molar-refractivity contribution >= 4 is 17.5 Å². The van der Waals surface area contributed by atoms with Crippen molar-refractivity contribution in [1.29, 1.82) is 0 Å². The lowest BCUT2D eigenvalue weighted by molar-refractivity contribution is 0.0277. The third-order valence-electron chi connectivity index (χ3n) is 6.11. The summed E-state index contributed by atoms with van der Waals surface area (Å²) < 4.78 is 32.1. The van der Waals surface area contributed by atoms with Crippen LogP contribution in [0.3, 0.4) is 0 Å². The van der Waals surface area contributed by atoms with E-state index in [0.29, 0.717) is 49.0 Å². The first-order valence-electron chi connectivity index (χ1n) is 11.0. The second-order valence-corrected chi connectivity index (χ2v) is 8.61. The molecule has 0 amide bonds. The fourth-order valence-corrected chi connectivity index (χ4v) is 4.68. The number of rotatable bonds is 7. The van der Waals surface area contributed by atoms with E-state index in [1.807, 2.05) is 10.6 Å². The van der Waals surface area contributed by atoms with Crippen molar-refractivity contribution < 1.29 is 18.6 Å². The van der Waals surface area contributed by atoms with Crippen LogP contribution >= 0.6 is 11.6 Å². The number of anilines is 1. The molecule has 2 atom stereocenters. The van der Waals surface area contributed by atoms with Crippen LogP contribution in [0, 0.1) is 5.82 Å². The van der Waals surface area contributed by atoms with Gasteiger partial charge in [0.25, 0.3) is 0 Å². The summed E-state index contributed by atoms with van der Waals surface area (Å²) in [5, 5.41) is 9.40. The second-order valence-electron chi connectivity index (χ2n) is 8.20. The smallest absolute Gasteiger partial charge is 0.232 e. The van der Waals surface area contributed by atoms with Gasteiger partial charge in [-0.15, -0.1) is 10.2 Å². The Hall–Kier alpha value is -2.75. The first-order valence-corrected chi connectivity index (χ1v) is 11.3. The van der Waals surface area contributed by atoms with Crippen LogP contribution in [0.2, 0.25) is 5.02 Å². The van der Waals surface area contributed by atoms with Crippen LogP contribution in [-0.4, -0.2) is 59.3 Å². The Morgan fingerprint density at radius 2 is 2.12 bits per heavy atom. The van der Waals surface area contributed by atoms with Crippen molar-refractivity contribution in [3.05, 3.63) is 58.8 Å². The Balaban J connectivity index is 1.42. The average Bonchev–Trinajstić information content (AvgIpc) is 3.58. The Kier molecular flexibility index (Phi) is 6.43. The fourth-order valence-electron chi connectivity index (χ4n) is 4.36. The molecule has 8 nitrogen and oxygen atoms in total. The molecular weight excluding hydrogens is 449 g/mol. The van der Waals surface area contributed by atoms with Gasteiger partial charge >= 0.3 is 0 Å². The summed E-state index contributed by atoms with van der Waals surface area (Å²) in [6.07, 6.45) is 3.55. The van der Waals surface area contributed by atoms with Gasteiger partial charge in [-0.3, -0.25) is 4.57 Å². The van der Waals surface area contributed by atoms with Gasteiger partial charge in [0, 0.05) is 36.7 Å². The molecule has 0 saturated carbocycles. The lowest BCUT2D eigenvalue weighted by Crippen LogP contribution is -2.24. The molecule has 0 spiro atoms. The van der Waals surface area contributed by atoms with E-state index in [-0.39, 0.29) is 17.8 Å². The monoisotopic (exact) mass is 473 g/mol. The van der Waals surface area contributed by atoms with Gasteiger partial charge < -0.3 is 19.1 Å². The Morgan fingerprint density at radius 1 is 1.21 bits per heavy atom. The zero-order chi connectivity index (χ0) is 22.8. The number of pyridine rings is 1. The van der Waals surface area contributed by atoms with Gasteiger partial charge in [0.2, 0.25) is 11.8 Å². The Morgan fingerprint density at radius 3 is 2.85 bits per heavy atom. The van der Waals surface area contributed by atoms with E-state index in [1.165, 1.54) is 12.1 Å². The van der Waals surface area contributed by atoms with Crippen molar-refractivity contribution in [2.24, 2.45) is 0 Å². The third-order valence-corrected chi connectivity index (χ3v) is 6.44. The molecule has 10 heteroatoms. The normalized spacial score (nSPS) is 20.5. The van der Waals surface area contributed by atoms with E-state index in [2.05, 4.69) is 20.1 Å². The molecule has 5 rings (SSSR count). The maximum Gasteiger partial charge on any atom is 0.232 e. The molecule has 0 radical (unpaired) electrons. The molecule has 0 unspecified atom stereocenters. The zero-order valence-corrected chi connectivity index (χ0v) is 19.0. The van der Waals surface area contributed by atoms with Crippen molar-refractivity contribution in [1.82, 2.24) is 19.7 Å². The number of hydrogen-bond donors (Lipinski definition) is 0. The number of methoxy groups -OCH3 is 1. The van der Waals surface area contributed by atoms with E-state index in [1.54, 1.807) is 25.4 Å². The Labute approximate surface area is 196 Å². The van der Waals surface area contributed by atoms with Crippen LogP contribution in [0.25, 0.3) is 5.69 Å². The molecule has 0 aliphatic carbocycles. The van der Waals surface area contributed by atoms with Crippen LogP contribution in [0.4, 0.5) is 10.3 Å². The molecule has 2 aliphatic rings. The molecule has 33 heavy (non-hydrogen) atoms. The summed E-state index contributed by atoms with van der Waals surface area (Å²) in [6, 6.07) is 8.32. The first-order chi connectivity index (χ1) is 16.1. The molecule has 4 heterocycles. The standard InChI is InChI=1S/C23H25ClFN5O3/c1-31-22-5-3-17(11-26-22)30-21(14-33-18-7-9-32-13-18)27-28-23(30)29-8-6-15(12-29)19-4-2-16(25)10-20(19)24/h2-5,10-11,15,18H,6-9,12-14H2,1H3/t15-,18+/m1/s1. The van der Waals surface area contributed by atoms with Crippen molar-refractivity contribution in [2.75, 3.05) is 38.3 Å². The van der Waals surface area contributed by atoms with Gasteiger partial charge in [0.15, 0.2) is 5.82 Å².